The summed E-state index contributed by atoms with van der Waals surface area (Å²) in [6, 6.07) is 6.36. The molecule has 0 saturated heterocycles. The number of H-pyrrole nitrogens is 1. The van der Waals surface area contributed by atoms with E-state index >= 15 is 0 Å². The molecule has 0 aliphatic heterocycles. The zero-order valence-corrected chi connectivity index (χ0v) is 14.1. The molecule has 5 nitrogen and oxygen atoms in total. The van der Waals surface area contributed by atoms with Crippen molar-refractivity contribution in [3.63, 3.8) is 0 Å². The van der Waals surface area contributed by atoms with Crippen molar-refractivity contribution < 1.29 is 44.3 Å². The Morgan fingerprint density at radius 2 is 1.41 bits per heavy atom. The summed E-state index contributed by atoms with van der Waals surface area (Å²) in [4.78, 5) is 23.6. The number of aryl methyl sites for hydroxylation is 1. The summed E-state index contributed by atoms with van der Waals surface area (Å²) in [5, 5.41) is 1.93. The Bertz CT molecular complexity index is 939. The molecule has 0 aliphatic rings. The largest absolute Gasteiger partial charge is 0.471 e. The topological polar surface area (TPSA) is 66.9 Å². The van der Waals surface area contributed by atoms with Crippen LogP contribution in [0.25, 0.3) is 5.69 Å². The molecule has 1 amide bonds. The summed E-state index contributed by atoms with van der Waals surface area (Å²) in [6.07, 6.45) is -19.2. The van der Waals surface area contributed by atoms with Crippen LogP contribution in [-0.2, 0) is 10.3 Å². The maximum Gasteiger partial charge on any atom is 0.471 e. The maximum absolute atomic E-state index is 13.6. The number of rotatable bonds is 3. The molecule has 2 aromatic rings. The van der Waals surface area contributed by atoms with Crippen LogP contribution in [0.4, 0.5) is 39.5 Å². The molecule has 0 radical (unpaired) electrons. The highest BCUT2D eigenvalue weighted by Gasteiger charge is 2.75. The van der Waals surface area contributed by atoms with E-state index in [0.717, 1.165) is 12.1 Å². The molecule has 0 saturated carbocycles. The molecular formula is C15H10F9N3O2. The summed E-state index contributed by atoms with van der Waals surface area (Å²) in [7, 11) is 0. The van der Waals surface area contributed by atoms with E-state index in [1.165, 1.54) is 18.2 Å². The maximum atomic E-state index is 13.6. The minimum Gasteiger partial charge on any atom is -0.323 e. The number of aromatic nitrogens is 2. The first-order chi connectivity index (χ1) is 13.0. The van der Waals surface area contributed by atoms with Crippen molar-refractivity contribution in [2.75, 3.05) is 0 Å². The van der Waals surface area contributed by atoms with Crippen molar-refractivity contribution in [3.05, 3.63) is 51.9 Å². The lowest BCUT2D eigenvalue weighted by Crippen LogP contribution is -2.68. The number of carbonyl (C=O) groups is 1. The lowest BCUT2D eigenvalue weighted by atomic mass is 9.88. The Hall–Kier alpha value is -2.93. The Morgan fingerprint density at radius 3 is 1.83 bits per heavy atom. The molecule has 0 bridgehead atoms. The Morgan fingerprint density at radius 1 is 0.931 bits per heavy atom. The Balaban J connectivity index is 2.89. The van der Waals surface area contributed by atoms with Crippen LogP contribution in [0, 0.1) is 6.92 Å². The van der Waals surface area contributed by atoms with Crippen LogP contribution in [0.15, 0.2) is 35.1 Å². The molecule has 29 heavy (non-hydrogen) atoms. The summed E-state index contributed by atoms with van der Waals surface area (Å²) < 4.78 is 119. The van der Waals surface area contributed by atoms with Crippen LogP contribution in [0.2, 0.25) is 0 Å². The predicted molar refractivity (Wildman–Crippen MR) is 79.1 cm³/mol. The lowest BCUT2D eigenvalue weighted by Gasteiger charge is -2.37. The molecule has 2 N–H and O–H groups in total. The van der Waals surface area contributed by atoms with Crippen molar-refractivity contribution in [2.24, 2.45) is 0 Å². The standard InChI is InChI=1S/C15H10F9N3O2/c1-7-9(10(28)27(26-7)8-5-3-2-4-6-8)12(14(19,20)21,15(22,23)24)25-11(29)13(16,17)18/h2-6,26H,1H3,(H,25,29). The van der Waals surface area contributed by atoms with E-state index < -0.39 is 46.8 Å². The van der Waals surface area contributed by atoms with Crippen LogP contribution in [0.3, 0.4) is 0 Å². The highest BCUT2D eigenvalue weighted by molar-refractivity contribution is 5.83. The summed E-state index contributed by atoms with van der Waals surface area (Å²) >= 11 is 0. The fraction of sp³-hybridized carbons (Fsp3) is 0.333. The number of amides is 1. The lowest BCUT2D eigenvalue weighted by molar-refractivity contribution is -0.314. The van der Waals surface area contributed by atoms with Crippen molar-refractivity contribution in [1.29, 1.82) is 0 Å². The van der Waals surface area contributed by atoms with Crippen LogP contribution < -0.4 is 10.9 Å². The molecule has 0 aliphatic carbocycles. The normalized spacial score (nSPS) is 13.4. The van der Waals surface area contributed by atoms with Crippen LogP contribution in [-0.4, -0.2) is 34.2 Å². The minimum atomic E-state index is -6.55. The van der Waals surface area contributed by atoms with Gasteiger partial charge in [0.2, 0.25) is 0 Å². The number of halogens is 9. The van der Waals surface area contributed by atoms with E-state index in [9.17, 15) is 49.1 Å². The van der Waals surface area contributed by atoms with Crippen molar-refractivity contribution >= 4 is 5.91 Å². The zero-order chi connectivity index (χ0) is 22.4. The molecule has 0 fully saturated rings. The number of nitrogens with one attached hydrogen (secondary N) is 2. The first-order valence-corrected chi connectivity index (χ1v) is 7.44. The van der Waals surface area contributed by atoms with E-state index in [1.54, 1.807) is 0 Å². The van der Waals surface area contributed by atoms with Crippen LogP contribution >= 0.6 is 0 Å². The molecule has 1 aromatic carbocycles. The second kappa shape index (κ2) is 6.84. The zero-order valence-electron chi connectivity index (χ0n) is 14.1. The third kappa shape index (κ3) is 3.70. The molecule has 0 spiro atoms. The molecule has 2 rings (SSSR count). The quantitative estimate of drug-likeness (QED) is 0.726. The van der Waals surface area contributed by atoms with Gasteiger partial charge in [-0.25, -0.2) is 4.68 Å². The van der Waals surface area contributed by atoms with Gasteiger partial charge in [0.05, 0.1) is 11.3 Å². The summed E-state index contributed by atoms with van der Waals surface area (Å²) in [5.41, 5.74) is -10.9. The Kier molecular flexibility index (Phi) is 5.28. The highest BCUT2D eigenvalue weighted by atomic mass is 19.4. The highest BCUT2D eigenvalue weighted by Crippen LogP contribution is 2.50. The number of nitrogens with zero attached hydrogens (tertiary/aromatic N) is 1. The van der Waals surface area contributed by atoms with E-state index in [4.69, 9.17) is 0 Å². The van der Waals surface area contributed by atoms with Gasteiger partial charge in [-0.2, -0.15) is 39.5 Å². The van der Waals surface area contributed by atoms with Crippen LogP contribution in [0.1, 0.15) is 11.3 Å². The van der Waals surface area contributed by atoms with Gasteiger partial charge in [0.15, 0.2) is 0 Å². The van der Waals surface area contributed by atoms with Gasteiger partial charge in [-0.1, -0.05) is 18.2 Å². The molecule has 160 valence electrons. The number of benzene rings is 1. The van der Waals surface area contributed by atoms with E-state index in [1.807, 2.05) is 5.10 Å². The van der Waals surface area contributed by atoms with Crippen molar-refractivity contribution in [1.82, 2.24) is 15.1 Å². The molecular weight excluding hydrogens is 425 g/mol. The average Bonchev–Trinajstić information content (AvgIpc) is 2.85. The van der Waals surface area contributed by atoms with Gasteiger partial charge in [0.1, 0.15) is 0 Å². The van der Waals surface area contributed by atoms with Gasteiger partial charge in [0.25, 0.3) is 11.1 Å². The summed E-state index contributed by atoms with van der Waals surface area (Å²) in [5.74, 6) is -3.52. The van der Waals surface area contributed by atoms with Gasteiger partial charge in [-0.15, -0.1) is 0 Å². The number of hydrogen-bond donors (Lipinski definition) is 2. The fourth-order valence-corrected chi connectivity index (χ4v) is 2.64. The molecule has 1 aromatic heterocycles. The van der Waals surface area contributed by atoms with E-state index in [2.05, 4.69) is 0 Å². The molecule has 0 atom stereocenters. The predicted octanol–water partition coefficient (Wildman–Crippen LogP) is 3.47. The third-order valence-corrected chi connectivity index (χ3v) is 3.87. The molecule has 1 heterocycles. The van der Waals surface area contributed by atoms with E-state index in [-0.39, 0.29) is 15.7 Å². The van der Waals surface area contributed by atoms with Crippen LogP contribution in [0.5, 0.6) is 0 Å². The number of aromatic amines is 1. The van der Waals surface area contributed by atoms with Gasteiger partial charge in [0, 0.05) is 5.69 Å². The average molecular weight is 435 g/mol. The molecule has 0 unspecified atom stereocenters. The van der Waals surface area contributed by atoms with Gasteiger partial charge < -0.3 is 5.32 Å². The second-order valence-corrected chi connectivity index (χ2v) is 5.79. The first-order valence-electron chi connectivity index (χ1n) is 7.44. The van der Waals surface area contributed by atoms with Gasteiger partial charge in [-0.05, 0) is 19.1 Å². The summed E-state index contributed by atoms with van der Waals surface area (Å²) in [6.45, 7) is 0.627. The monoisotopic (exact) mass is 435 g/mol. The van der Waals surface area contributed by atoms with Gasteiger partial charge >= 0.3 is 24.4 Å². The number of carbonyl (C=O) groups excluding carboxylic acids is 1. The van der Waals surface area contributed by atoms with Gasteiger partial charge in [-0.3, -0.25) is 14.7 Å². The SMILES string of the molecule is Cc1[nH]n(-c2ccccc2)c(=O)c1C(NC(=O)C(F)(F)F)(C(F)(F)F)C(F)(F)F. The Labute approximate surface area is 155 Å². The van der Waals surface area contributed by atoms with Crippen molar-refractivity contribution in [2.45, 2.75) is 31.0 Å². The van der Waals surface area contributed by atoms with Crippen molar-refractivity contribution in [3.8, 4) is 5.69 Å². The minimum absolute atomic E-state index is 0.0341. The second-order valence-electron chi connectivity index (χ2n) is 5.79. The number of alkyl halides is 9. The molecule has 14 heteroatoms. The number of hydrogen-bond acceptors (Lipinski definition) is 2. The number of para-hydroxylation sites is 1. The first kappa shape index (κ1) is 22.4. The fourth-order valence-electron chi connectivity index (χ4n) is 2.64. The smallest absolute Gasteiger partial charge is 0.323 e. The van der Waals surface area contributed by atoms with E-state index in [0.29, 0.717) is 6.92 Å². The third-order valence-electron chi connectivity index (χ3n) is 3.87.